The fourth-order valence-corrected chi connectivity index (χ4v) is 2.54. The SMILES string of the molecule is COCCNCc1ccc(SCc2nonc2C)cc1. The van der Waals surface area contributed by atoms with Gasteiger partial charge in [-0.2, -0.15) is 0 Å². The van der Waals surface area contributed by atoms with Crippen LogP contribution in [0.3, 0.4) is 0 Å². The second-order valence-electron chi connectivity index (χ2n) is 4.40. The first-order chi connectivity index (χ1) is 9.79. The van der Waals surface area contributed by atoms with Crippen molar-refractivity contribution < 1.29 is 9.37 Å². The van der Waals surface area contributed by atoms with Gasteiger partial charge in [0.25, 0.3) is 0 Å². The maximum Gasteiger partial charge on any atom is 0.118 e. The van der Waals surface area contributed by atoms with Gasteiger partial charge in [-0.15, -0.1) is 11.8 Å². The van der Waals surface area contributed by atoms with Gasteiger partial charge in [-0.3, -0.25) is 0 Å². The zero-order chi connectivity index (χ0) is 14.2. The molecule has 20 heavy (non-hydrogen) atoms. The van der Waals surface area contributed by atoms with Gasteiger partial charge in [0.15, 0.2) is 0 Å². The number of ether oxygens (including phenoxy) is 1. The topological polar surface area (TPSA) is 60.2 Å². The first-order valence-electron chi connectivity index (χ1n) is 6.49. The van der Waals surface area contributed by atoms with Crippen LogP contribution in [0.15, 0.2) is 33.8 Å². The van der Waals surface area contributed by atoms with Crippen LogP contribution in [0.2, 0.25) is 0 Å². The highest BCUT2D eigenvalue weighted by molar-refractivity contribution is 7.98. The van der Waals surface area contributed by atoms with Gasteiger partial charge in [-0.25, -0.2) is 4.63 Å². The van der Waals surface area contributed by atoms with E-state index in [1.165, 1.54) is 10.5 Å². The Hall–Kier alpha value is -1.37. The van der Waals surface area contributed by atoms with Crippen molar-refractivity contribution in [3.8, 4) is 0 Å². The Labute approximate surface area is 123 Å². The minimum atomic E-state index is 0.735. The van der Waals surface area contributed by atoms with Gasteiger partial charge in [0.1, 0.15) is 11.4 Å². The number of hydrogen-bond acceptors (Lipinski definition) is 6. The molecule has 108 valence electrons. The molecular formula is C14H19N3O2S. The molecule has 0 aliphatic heterocycles. The Balaban J connectivity index is 1.78. The number of thioether (sulfide) groups is 1. The lowest BCUT2D eigenvalue weighted by Crippen LogP contribution is -2.18. The summed E-state index contributed by atoms with van der Waals surface area (Å²) >= 11 is 1.73. The van der Waals surface area contributed by atoms with Gasteiger partial charge in [-0.05, 0) is 24.6 Å². The van der Waals surface area contributed by atoms with Crippen LogP contribution >= 0.6 is 11.8 Å². The van der Waals surface area contributed by atoms with Crippen LogP contribution in [0.5, 0.6) is 0 Å². The van der Waals surface area contributed by atoms with E-state index in [2.05, 4.69) is 44.5 Å². The maximum atomic E-state index is 4.99. The lowest BCUT2D eigenvalue weighted by Gasteiger charge is -2.05. The Morgan fingerprint density at radius 1 is 1.25 bits per heavy atom. The third kappa shape index (κ3) is 4.63. The molecule has 0 unspecified atom stereocenters. The molecule has 1 aromatic carbocycles. The molecule has 1 aromatic heterocycles. The molecule has 0 aliphatic rings. The molecule has 0 spiro atoms. The van der Waals surface area contributed by atoms with E-state index in [-0.39, 0.29) is 0 Å². The van der Waals surface area contributed by atoms with Gasteiger partial charge >= 0.3 is 0 Å². The van der Waals surface area contributed by atoms with Gasteiger partial charge < -0.3 is 10.1 Å². The van der Waals surface area contributed by atoms with Crippen LogP contribution in [0, 0.1) is 6.92 Å². The van der Waals surface area contributed by atoms with Gasteiger partial charge in [-0.1, -0.05) is 22.4 Å². The maximum absolute atomic E-state index is 4.99. The van der Waals surface area contributed by atoms with Crippen LogP contribution in [-0.2, 0) is 17.0 Å². The third-order valence-electron chi connectivity index (χ3n) is 2.86. The highest BCUT2D eigenvalue weighted by Crippen LogP contribution is 2.23. The normalized spacial score (nSPS) is 10.9. The number of aryl methyl sites for hydroxylation is 1. The molecule has 0 radical (unpaired) electrons. The van der Waals surface area contributed by atoms with Crippen molar-refractivity contribution in [1.29, 1.82) is 0 Å². The number of nitrogens with zero attached hydrogens (tertiary/aromatic N) is 2. The summed E-state index contributed by atoms with van der Waals surface area (Å²) in [6.45, 7) is 4.37. The second-order valence-corrected chi connectivity index (χ2v) is 5.45. The van der Waals surface area contributed by atoms with Crippen LogP contribution < -0.4 is 5.32 Å². The van der Waals surface area contributed by atoms with Crippen LogP contribution in [-0.4, -0.2) is 30.6 Å². The molecule has 2 rings (SSSR count). The van der Waals surface area contributed by atoms with E-state index in [1.54, 1.807) is 18.9 Å². The average Bonchev–Trinajstić information content (AvgIpc) is 2.88. The van der Waals surface area contributed by atoms with E-state index in [1.807, 2.05) is 6.92 Å². The predicted octanol–water partition coefficient (Wildman–Crippen LogP) is 2.41. The molecule has 0 saturated heterocycles. The van der Waals surface area contributed by atoms with E-state index < -0.39 is 0 Å². The van der Waals surface area contributed by atoms with E-state index >= 15 is 0 Å². The fraction of sp³-hybridized carbons (Fsp3) is 0.429. The monoisotopic (exact) mass is 293 g/mol. The molecule has 0 fully saturated rings. The minimum Gasteiger partial charge on any atom is -0.383 e. The summed E-state index contributed by atoms with van der Waals surface area (Å²) in [5.41, 5.74) is 3.03. The van der Waals surface area contributed by atoms with E-state index in [4.69, 9.17) is 4.74 Å². The number of rotatable bonds is 8. The highest BCUT2D eigenvalue weighted by atomic mass is 32.2. The standard InChI is InChI=1S/C14H19N3O2S/c1-11-14(17-19-16-11)10-20-13-5-3-12(4-6-13)9-15-7-8-18-2/h3-6,15H,7-10H2,1-2H3. The number of nitrogens with one attached hydrogen (secondary N) is 1. The molecule has 0 atom stereocenters. The number of hydrogen-bond donors (Lipinski definition) is 1. The summed E-state index contributed by atoms with van der Waals surface area (Å²) in [5, 5.41) is 11.0. The lowest BCUT2D eigenvalue weighted by atomic mass is 10.2. The summed E-state index contributed by atoms with van der Waals surface area (Å²) in [6, 6.07) is 8.52. The van der Waals surface area contributed by atoms with Crippen molar-refractivity contribution in [3.63, 3.8) is 0 Å². The molecule has 2 aromatic rings. The number of benzene rings is 1. The lowest BCUT2D eigenvalue weighted by molar-refractivity contribution is 0.199. The fourth-order valence-electron chi connectivity index (χ4n) is 1.64. The van der Waals surface area contributed by atoms with Gasteiger partial charge in [0, 0.05) is 30.8 Å². The van der Waals surface area contributed by atoms with Crippen LogP contribution in [0.4, 0.5) is 0 Å². The second kappa shape index (κ2) is 8.04. The van der Waals surface area contributed by atoms with Crippen molar-refractivity contribution in [3.05, 3.63) is 41.2 Å². The quantitative estimate of drug-likeness (QED) is 0.596. The summed E-state index contributed by atoms with van der Waals surface area (Å²) in [6.07, 6.45) is 0. The van der Waals surface area contributed by atoms with Gasteiger partial charge in [0.2, 0.25) is 0 Å². The molecular weight excluding hydrogens is 274 g/mol. The first-order valence-corrected chi connectivity index (χ1v) is 7.47. The molecule has 0 saturated carbocycles. The predicted molar refractivity (Wildman–Crippen MR) is 78.6 cm³/mol. The molecule has 0 amide bonds. The molecule has 0 aliphatic carbocycles. The van der Waals surface area contributed by atoms with Crippen molar-refractivity contribution in [2.24, 2.45) is 0 Å². The molecule has 6 heteroatoms. The van der Waals surface area contributed by atoms with Crippen LogP contribution in [0.25, 0.3) is 0 Å². The molecule has 5 nitrogen and oxygen atoms in total. The molecule has 1 heterocycles. The van der Waals surface area contributed by atoms with Crippen molar-refractivity contribution in [1.82, 2.24) is 15.6 Å². The Morgan fingerprint density at radius 2 is 2.05 bits per heavy atom. The average molecular weight is 293 g/mol. The Morgan fingerprint density at radius 3 is 2.70 bits per heavy atom. The van der Waals surface area contributed by atoms with E-state index in [0.717, 1.165) is 36.8 Å². The summed E-state index contributed by atoms with van der Waals surface area (Å²) < 4.78 is 9.68. The summed E-state index contributed by atoms with van der Waals surface area (Å²) in [5.74, 6) is 0.779. The minimum absolute atomic E-state index is 0.735. The molecule has 0 bridgehead atoms. The Kier molecular flexibility index (Phi) is 6.04. The van der Waals surface area contributed by atoms with E-state index in [0.29, 0.717) is 0 Å². The zero-order valence-electron chi connectivity index (χ0n) is 11.8. The van der Waals surface area contributed by atoms with E-state index in [9.17, 15) is 0 Å². The first kappa shape index (κ1) is 15.0. The van der Waals surface area contributed by atoms with Crippen LogP contribution in [0.1, 0.15) is 17.0 Å². The van der Waals surface area contributed by atoms with Crippen molar-refractivity contribution >= 4 is 11.8 Å². The summed E-state index contributed by atoms with van der Waals surface area (Å²) in [4.78, 5) is 1.22. The smallest absolute Gasteiger partial charge is 0.118 e. The number of methoxy groups -OCH3 is 1. The van der Waals surface area contributed by atoms with Crippen molar-refractivity contribution in [2.45, 2.75) is 24.1 Å². The molecule has 1 N–H and O–H groups in total. The summed E-state index contributed by atoms with van der Waals surface area (Å²) in [7, 11) is 1.71. The largest absolute Gasteiger partial charge is 0.383 e. The zero-order valence-corrected chi connectivity index (χ0v) is 12.6. The number of aromatic nitrogens is 2. The van der Waals surface area contributed by atoms with Gasteiger partial charge in [0.05, 0.1) is 6.61 Å². The highest BCUT2D eigenvalue weighted by Gasteiger charge is 2.05. The Bertz CT molecular complexity index is 513. The van der Waals surface area contributed by atoms with Crippen molar-refractivity contribution in [2.75, 3.05) is 20.3 Å². The third-order valence-corrected chi connectivity index (χ3v) is 3.88.